The molecule has 0 saturated carbocycles. The fourth-order valence-corrected chi connectivity index (χ4v) is 2.14. The second-order valence-electron chi connectivity index (χ2n) is 4.68. The van der Waals surface area contributed by atoms with Gasteiger partial charge >= 0.3 is 0 Å². The summed E-state index contributed by atoms with van der Waals surface area (Å²) in [5.41, 5.74) is 2.10. The van der Waals surface area contributed by atoms with Crippen molar-refractivity contribution in [3.63, 3.8) is 0 Å². The average Bonchev–Trinajstić information content (AvgIpc) is 3.10. The number of aryl methyl sites for hydroxylation is 2. The molecule has 20 heavy (non-hydrogen) atoms. The van der Waals surface area contributed by atoms with E-state index in [1.807, 2.05) is 49.1 Å². The summed E-state index contributed by atoms with van der Waals surface area (Å²) in [7, 11) is 1.97. The highest BCUT2D eigenvalue weighted by Gasteiger charge is 2.21. The third kappa shape index (κ3) is 2.30. The maximum absolute atomic E-state index is 5.55. The van der Waals surface area contributed by atoms with E-state index in [-0.39, 0.29) is 6.04 Å². The maximum atomic E-state index is 5.55. The Morgan fingerprint density at radius 2 is 2.20 bits per heavy atom. The van der Waals surface area contributed by atoms with Crippen LogP contribution in [0.3, 0.4) is 0 Å². The summed E-state index contributed by atoms with van der Waals surface area (Å²) in [6, 6.07) is 5.65. The number of nitrogens with zero attached hydrogens (tertiary/aromatic N) is 3. The number of anilines is 1. The third-order valence-electron chi connectivity index (χ3n) is 3.28. The van der Waals surface area contributed by atoms with Gasteiger partial charge in [-0.2, -0.15) is 0 Å². The highest BCUT2D eigenvalue weighted by molar-refractivity contribution is 5.50. The molecule has 0 aliphatic carbocycles. The number of hydrogen-bond acceptors (Lipinski definition) is 4. The number of aromatic nitrogens is 3. The van der Waals surface area contributed by atoms with Crippen LogP contribution in [0.1, 0.15) is 23.2 Å². The SMILES string of the molecule is Cc1ccncc1NC(c1ccco1)c1nccn1C. The van der Waals surface area contributed by atoms with Crippen molar-refractivity contribution in [2.45, 2.75) is 13.0 Å². The Morgan fingerprint density at radius 1 is 1.30 bits per heavy atom. The van der Waals surface area contributed by atoms with Crippen molar-refractivity contribution in [3.05, 3.63) is 66.4 Å². The van der Waals surface area contributed by atoms with Crippen molar-refractivity contribution in [2.24, 2.45) is 7.05 Å². The topological polar surface area (TPSA) is 55.9 Å². The first-order valence-corrected chi connectivity index (χ1v) is 6.43. The first kappa shape index (κ1) is 12.5. The molecular formula is C15H16N4O. The number of rotatable bonds is 4. The maximum Gasteiger partial charge on any atom is 0.143 e. The molecule has 3 aromatic heterocycles. The summed E-state index contributed by atoms with van der Waals surface area (Å²) in [5, 5.41) is 3.45. The Balaban J connectivity index is 1.99. The van der Waals surface area contributed by atoms with E-state index in [2.05, 4.69) is 15.3 Å². The second-order valence-corrected chi connectivity index (χ2v) is 4.68. The Morgan fingerprint density at radius 3 is 2.85 bits per heavy atom. The van der Waals surface area contributed by atoms with Crippen LogP contribution in [0.4, 0.5) is 5.69 Å². The minimum Gasteiger partial charge on any atom is -0.467 e. The molecular weight excluding hydrogens is 252 g/mol. The molecule has 0 bridgehead atoms. The molecule has 5 nitrogen and oxygen atoms in total. The summed E-state index contributed by atoms with van der Waals surface area (Å²) >= 11 is 0. The Kier molecular flexibility index (Phi) is 3.25. The Bertz CT molecular complexity index is 687. The molecule has 0 spiro atoms. The lowest BCUT2D eigenvalue weighted by Crippen LogP contribution is -2.16. The normalized spacial score (nSPS) is 12.3. The van der Waals surface area contributed by atoms with Gasteiger partial charge in [0.1, 0.15) is 17.6 Å². The highest BCUT2D eigenvalue weighted by Crippen LogP contribution is 2.26. The molecule has 5 heteroatoms. The van der Waals surface area contributed by atoms with Gasteiger partial charge in [-0.1, -0.05) is 0 Å². The number of furan rings is 1. The van der Waals surface area contributed by atoms with Crippen LogP contribution in [0.25, 0.3) is 0 Å². The zero-order chi connectivity index (χ0) is 13.9. The van der Waals surface area contributed by atoms with Crippen LogP contribution in [-0.2, 0) is 7.05 Å². The molecule has 3 heterocycles. The number of nitrogens with one attached hydrogen (secondary N) is 1. The smallest absolute Gasteiger partial charge is 0.143 e. The lowest BCUT2D eigenvalue weighted by molar-refractivity contribution is 0.488. The summed E-state index contributed by atoms with van der Waals surface area (Å²) < 4.78 is 7.53. The van der Waals surface area contributed by atoms with E-state index in [1.165, 1.54) is 0 Å². The van der Waals surface area contributed by atoms with E-state index in [1.54, 1.807) is 18.7 Å². The predicted octanol–water partition coefficient (Wildman–Crippen LogP) is 2.92. The van der Waals surface area contributed by atoms with Gasteiger partial charge in [-0.05, 0) is 30.7 Å². The predicted molar refractivity (Wildman–Crippen MR) is 76.4 cm³/mol. The fraction of sp³-hybridized carbons (Fsp3) is 0.200. The van der Waals surface area contributed by atoms with Crippen LogP contribution >= 0.6 is 0 Å². The van der Waals surface area contributed by atoms with E-state index in [9.17, 15) is 0 Å². The van der Waals surface area contributed by atoms with Crippen LogP contribution in [-0.4, -0.2) is 14.5 Å². The van der Waals surface area contributed by atoms with E-state index < -0.39 is 0 Å². The molecule has 3 aromatic rings. The van der Waals surface area contributed by atoms with Gasteiger partial charge in [0.05, 0.1) is 18.1 Å². The molecule has 1 atom stereocenters. The van der Waals surface area contributed by atoms with Gasteiger partial charge in [-0.15, -0.1) is 0 Å². The van der Waals surface area contributed by atoms with E-state index in [4.69, 9.17) is 4.42 Å². The Labute approximate surface area is 117 Å². The average molecular weight is 268 g/mol. The van der Waals surface area contributed by atoms with Gasteiger partial charge in [0.15, 0.2) is 0 Å². The van der Waals surface area contributed by atoms with Crippen LogP contribution in [0.5, 0.6) is 0 Å². The van der Waals surface area contributed by atoms with E-state index >= 15 is 0 Å². The summed E-state index contributed by atoms with van der Waals surface area (Å²) in [4.78, 5) is 8.58. The quantitative estimate of drug-likeness (QED) is 0.790. The monoisotopic (exact) mass is 268 g/mol. The summed E-state index contributed by atoms with van der Waals surface area (Å²) in [5.74, 6) is 1.71. The second kappa shape index (κ2) is 5.21. The van der Waals surface area contributed by atoms with Crippen molar-refractivity contribution >= 4 is 5.69 Å². The van der Waals surface area contributed by atoms with Gasteiger partial charge in [-0.3, -0.25) is 4.98 Å². The van der Waals surface area contributed by atoms with Gasteiger partial charge < -0.3 is 14.3 Å². The molecule has 0 radical (unpaired) electrons. The molecule has 0 fully saturated rings. The molecule has 0 aromatic carbocycles. The zero-order valence-electron chi connectivity index (χ0n) is 11.4. The minimum absolute atomic E-state index is 0.145. The molecule has 3 rings (SSSR count). The largest absolute Gasteiger partial charge is 0.467 e. The van der Waals surface area contributed by atoms with Crippen LogP contribution < -0.4 is 5.32 Å². The summed E-state index contributed by atoms with van der Waals surface area (Å²) in [6.45, 7) is 2.04. The first-order chi connectivity index (χ1) is 9.75. The van der Waals surface area contributed by atoms with Crippen LogP contribution in [0.15, 0.2) is 53.7 Å². The molecule has 0 amide bonds. The van der Waals surface area contributed by atoms with Gasteiger partial charge in [-0.25, -0.2) is 4.98 Å². The van der Waals surface area contributed by atoms with Crippen LogP contribution in [0.2, 0.25) is 0 Å². The number of pyridine rings is 1. The van der Waals surface area contributed by atoms with Crippen molar-refractivity contribution in [1.29, 1.82) is 0 Å². The van der Waals surface area contributed by atoms with Crippen LogP contribution in [0, 0.1) is 6.92 Å². The molecule has 1 N–H and O–H groups in total. The fourth-order valence-electron chi connectivity index (χ4n) is 2.14. The number of imidazole rings is 1. The van der Waals surface area contributed by atoms with Crippen molar-refractivity contribution in [1.82, 2.24) is 14.5 Å². The van der Waals surface area contributed by atoms with E-state index in [0.717, 1.165) is 22.8 Å². The molecule has 0 saturated heterocycles. The van der Waals surface area contributed by atoms with Gasteiger partial charge in [0.25, 0.3) is 0 Å². The highest BCUT2D eigenvalue weighted by atomic mass is 16.3. The van der Waals surface area contributed by atoms with Gasteiger partial charge in [0.2, 0.25) is 0 Å². The molecule has 0 aliphatic rings. The van der Waals surface area contributed by atoms with Crippen molar-refractivity contribution in [2.75, 3.05) is 5.32 Å². The van der Waals surface area contributed by atoms with Gasteiger partial charge in [0, 0.05) is 25.6 Å². The third-order valence-corrected chi connectivity index (χ3v) is 3.28. The standard InChI is InChI=1S/C15H16N4O/c1-11-5-6-16-10-12(11)18-14(13-4-3-9-20-13)15-17-7-8-19(15)2/h3-10,14,18H,1-2H3. The molecule has 102 valence electrons. The van der Waals surface area contributed by atoms with E-state index in [0.29, 0.717) is 0 Å². The Hall–Kier alpha value is -2.56. The minimum atomic E-state index is -0.145. The first-order valence-electron chi connectivity index (χ1n) is 6.43. The van der Waals surface area contributed by atoms with Crippen molar-refractivity contribution in [3.8, 4) is 0 Å². The molecule has 0 aliphatic heterocycles. The molecule has 1 unspecified atom stereocenters. The zero-order valence-corrected chi connectivity index (χ0v) is 11.4. The number of hydrogen-bond donors (Lipinski definition) is 1. The lowest BCUT2D eigenvalue weighted by atomic mass is 10.1. The van der Waals surface area contributed by atoms with Crippen molar-refractivity contribution < 1.29 is 4.42 Å². The summed E-state index contributed by atoms with van der Waals surface area (Å²) in [6.07, 6.45) is 8.96. The lowest BCUT2D eigenvalue weighted by Gasteiger charge is -2.18.